The van der Waals surface area contributed by atoms with Crippen LogP contribution in [0.4, 0.5) is 0 Å². The van der Waals surface area contributed by atoms with Crippen molar-refractivity contribution in [2.45, 2.75) is 19.5 Å². The third kappa shape index (κ3) is 3.94. The maximum atomic E-state index is 5.01. The molecule has 1 atom stereocenters. The quantitative estimate of drug-likeness (QED) is 0.773. The van der Waals surface area contributed by atoms with Crippen LogP contribution in [0.5, 0.6) is 0 Å². The molecule has 0 spiro atoms. The van der Waals surface area contributed by atoms with Crippen LogP contribution in [-0.4, -0.2) is 24.8 Å². The van der Waals surface area contributed by atoms with Crippen molar-refractivity contribution in [2.75, 3.05) is 20.3 Å². The minimum Gasteiger partial charge on any atom is -0.383 e. The van der Waals surface area contributed by atoms with Crippen LogP contribution >= 0.6 is 0 Å². The number of rotatable bonds is 7. The van der Waals surface area contributed by atoms with E-state index in [0.717, 1.165) is 19.7 Å². The van der Waals surface area contributed by atoms with Gasteiger partial charge in [-0.05, 0) is 24.1 Å². The Labute approximate surface area is 115 Å². The number of nitrogens with zero attached hydrogens (tertiary/aromatic N) is 1. The van der Waals surface area contributed by atoms with Gasteiger partial charge in [0.1, 0.15) is 0 Å². The fourth-order valence-corrected chi connectivity index (χ4v) is 2.12. The molecule has 102 valence electrons. The third-order valence-corrected chi connectivity index (χ3v) is 3.32. The second-order valence-electron chi connectivity index (χ2n) is 4.72. The van der Waals surface area contributed by atoms with Gasteiger partial charge < -0.3 is 14.6 Å². The Kier molecular flexibility index (Phi) is 5.19. The average molecular weight is 258 g/mol. The predicted octanol–water partition coefficient (Wildman–Crippen LogP) is 2.83. The summed E-state index contributed by atoms with van der Waals surface area (Å²) in [5, 5.41) is 3.36. The number of benzene rings is 1. The van der Waals surface area contributed by atoms with E-state index in [-0.39, 0.29) is 0 Å². The molecule has 19 heavy (non-hydrogen) atoms. The first-order chi connectivity index (χ1) is 9.31. The smallest absolute Gasteiger partial charge is 0.0587 e. The lowest BCUT2D eigenvalue weighted by Gasteiger charge is -2.13. The Balaban J connectivity index is 1.93. The van der Waals surface area contributed by atoms with Gasteiger partial charge in [0.05, 0.1) is 12.6 Å². The van der Waals surface area contributed by atoms with E-state index in [1.165, 1.54) is 11.1 Å². The lowest BCUT2D eigenvalue weighted by atomic mass is 10.1. The van der Waals surface area contributed by atoms with E-state index in [0.29, 0.717) is 6.04 Å². The van der Waals surface area contributed by atoms with Gasteiger partial charge in [0.25, 0.3) is 0 Å². The first-order valence-corrected chi connectivity index (χ1v) is 6.72. The zero-order valence-electron chi connectivity index (χ0n) is 11.7. The number of hydrogen-bond acceptors (Lipinski definition) is 2. The fraction of sp³-hybridized carbons (Fsp3) is 0.375. The second-order valence-corrected chi connectivity index (χ2v) is 4.72. The molecular weight excluding hydrogens is 236 g/mol. The molecule has 1 unspecified atom stereocenters. The van der Waals surface area contributed by atoms with E-state index >= 15 is 0 Å². The zero-order chi connectivity index (χ0) is 13.5. The monoisotopic (exact) mass is 258 g/mol. The highest BCUT2D eigenvalue weighted by Gasteiger charge is 2.06. The summed E-state index contributed by atoms with van der Waals surface area (Å²) in [7, 11) is 1.72. The summed E-state index contributed by atoms with van der Waals surface area (Å²) in [5.41, 5.74) is 2.64. The topological polar surface area (TPSA) is 26.2 Å². The van der Waals surface area contributed by atoms with Crippen molar-refractivity contribution >= 4 is 0 Å². The summed E-state index contributed by atoms with van der Waals surface area (Å²) >= 11 is 0. The maximum absolute atomic E-state index is 5.01. The molecule has 0 radical (unpaired) electrons. The van der Waals surface area contributed by atoms with Crippen LogP contribution in [0.25, 0.3) is 0 Å². The molecule has 2 rings (SSSR count). The number of hydrogen-bond donors (Lipinski definition) is 1. The molecule has 0 saturated heterocycles. The molecule has 0 bridgehead atoms. The minimum atomic E-state index is 0.369. The SMILES string of the molecule is COCCNCc1ccn(C(C)c2ccccc2)c1. The number of nitrogens with one attached hydrogen (secondary N) is 1. The van der Waals surface area contributed by atoms with Gasteiger partial charge >= 0.3 is 0 Å². The summed E-state index contributed by atoms with van der Waals surface area (Å²) in [6.07, 6.45) is 4.35. The van der Waals surface area contributed by atoms with Gasteiger partial charge in [-0.1, -0.05) is 30.3 Å². The van der Waals surface area contributed by atoms with Gasteiger partial charge in [0, 0.05) is 32.6 Å². The number of aromatic nitrogens is 1. The van der Waals surface area contributed by atoms with Gasteiger partial charge in [0.15, 0.2) is 0 Å². The van der Waals surface area contributed by atoms with Crippen LogP contribution in [0, 0.1) is 0 Å². The normalized spacial score (nSPS) is 12.5. The van der Waals surface area contributed by atoms with Crippen LogP contribution in [-0.2, 0) is 11.3 Å². The molecule has 0 saturated carbocycles. The average Bonchev–Trinajstić information content (AvgIpc) is 2.92. The van der Waals surface area contributed by atoms with Gasteiger partial charge in [0.2, 0.25) is 0 Å². The first kappa shape index (κ1) is 13.8. The Morgan fingerprint density at radius 2 is 2.00 bits per heavy atom. The molecule has 0 fully saturated rings. The van der Waals surface area contributed by atoms with E-state index in [4.69, 9.17) is 4.74 Å². The lowest BCUT2D eigenvalue weighted by molar-refractivity contribution is 0.199. The zero-order valence-corrected chi connectivity index (χ0v) is 11.7. The summed E-state index contributed by atoms with van der Waals surface area (Å²) < 4.78 is 7.27. The molecule has 0 aliphatic carbocycles. The molecule has 2 aromatic rings. The number of ether oxygens (including phenoxy) is 1. The Morgan fingerprint density at radius 1 is 1.21 bits per heavy atom. The number of methoxy groups -OCH3 is 1. The molecule has 1 heterocycles. The summed E-state index contributed by atoms with van der Waals surface area (Å²) in [5.74, 6) is 0. The maximum Gasteiger partial charge on any atom is 0.0587 e. The summed E-state index contributed by atoms with van der Waals surface area (Å²) in [4.78, 5) is 0. The highest BCUT2D eigenvalue weighted by atomic mass is 16.5. The standard InChI is InChI=1S/C16H22N2O/c1-14(16-6-4-3-5-7-16)18-10-8-15(13-18)12-17-9-11-19-2/h3-8,10,13-14,17H,9,11-12H2,1-2H3. The van der Waals surface area contributed by atoms with Crippen LogP contribution < -0.4 is 5.32 Å². The van der Waals surface area contributed by atoms with E-state index in [9.17, 15) is 0 Å². The van der Waals surface area contributed by atoms with Crippen LogP contribution in [0.1, 0.15) is 24.1 Å². The van der Waals surface area contributed by atoms with Crippen molar-refractivity contribution in [2.24, 2.45) is 0 Å². The van der Waals surface area contributed by atoms with E-state index < -0.39 is 0 Å². The molecule has 0 aliphatic rings. The van der Waals surface area contributed by atoms with Crippen LogP contribution in [0.2, 0.25) is 0 Å². The molecular formula is C16H22N2O. The van der Waals surface area contributed by atoms with E-state index in [1.54, 1.807) is 7.11 Å². The lowest BCUT2D eigenvalue weighted by Crippen LogP contribution is -2.18. The third-order valence-electron chi connectivity index (χ3n) is 3.32. The highest BCUT2D eigenvalue weighted by Crippen LogP contribution is 2.18. The summed E-state index contributed by atoms with van der Waals surface area (Å²) in [6.45, 7) is 4.74. The Bertz CT molecular complexity index is 479. The first-order valence-electron chi connectivity index (χ1n) is 6.72. The molecule has 1 aromatic heterocycles. The van der Waals surface area contributed by atoms with E-state index in [1.807, 2.05) is 0 Å². The van der Waals surface area contributed by atoms with Gasteiger partial charge in [-0.15, -0.1) is 0 Å². The summed E-state index contributed by atoms with van der Waals surface area (Å²) in [6, 6.07) is 13.1. The van der Waals surface area contributed by atoms with Crippen molar-refractivity contribution in [3.63, 3.8) is 0 Å². The predicted molar refractivity (Wildman–Crippen MR) is 78.3 cm³/mol. The van der Waals surface area contributed by atoms with Crippen molar-refractivity contribution in [3.8, 4) is 0 Å². The van der Waals surface area contributed by atoms with Crippen LogP contribution in [0.3, 0.4) is 0 Å². The van der Waals surface area contributed by atoms with Crippen molar-refractivity contribution in [1.29, 1.82) is 0 Å². The van der Waals surface area contributed by atoms with Crippen molar-refractivity contribution in [3.05, 3.63) is 59.9 Å². The molecule has 1 N–H and O–H groups in total. The van der Waals surface area contributed by atoms with Crippen molar-refractivity contribution in [1.82, 2.24) is 9.88 Å². The molecule has 3 heteroatoms. The molecule has 1 aromatic carbocycles. The Morgan fingerprint density at radius 3 is 2.74 bits per heavy atom. The van der Waals surface area contributed by atoms with Gasteiger partial charge in [-0.25, -0.2) is 0 Å². The van der Waals surface area contributed by atoms with Gasteiger partial charge in [-0.2, -0.15) is 0 Å². The Hall–Kier alpha value is -1.58. The highest BCUT2D eigenvalue weighted by molar-refractivity contribution is 5.21. The van der Waals surface area contributed by atoms with E-state index in [2.05, 4.69) is 65.6 Å². The van der Waals surface area contributed by atoms with Crippen LogP contribution in [0.15, 0.2) is 48.8 Å². The fourth-order valence-electron chi connectivity index (χ4n) is 2.12. The minimum absolute atomic E-state index is 0.369. The van der Waals surface area contributed by atoms with Gasteiger partial charge in [-0.3, -0.25) is 0 Å². The molecule has 0 aliphatic heterocycles. The molecule has 0 amide bonds. The van der Waals surface area contributed by atoms with Crippen molar-refractivity contribution < 1.29 is 4.74 Å². The second kappa shape index (κ2) is 7.12. The largest absolute Gasteiger partial charge is 0.383 e. The molecule has 3 nitrogen and oxygen atoms in total.